The maximum Gasteiger partial charge on any atom is 0.419 e. The molecule has 1 spiro atoms. The molecule has 2 aromatic carbocycles. The quantitative estimate of drug-likeness (QED) is 0.0788. The van der Waals surface area contributed by atoms with E-state index in [4.69, 9.17) is 9.47 Å². The van der Waals surface area contributed by atoms with E-state index in [1.165, 1.54) is 95.8 Å². The van der Waals surface area contributed by atoms with Gasteiger partial charge in [-0.05, 0) is 160 Å². The number of likely N-dealkylation sites (N-methyl/N-ethyl adjacent to an activating group) is 7. The van der Waals surface area contributed by atoms with Crippen molar-refractivity contribution >= 4 is 93.5 Å². The van der Waals surface area contributed by atoms with Crippen LogP contribution in [0.4, 0.5) is 13.2 Å². The molecule has 0 radical (unpaired) electrons. The number of hydrogen-bond acceptors (Lipinski definition) is 14. The summed E-state index contributed by atoms with van der Waals surface area (Å²) in [5.74, 6) is -9.84. The van der Waals surface area contributed by atoms with Crippen LogP contribution >= 0.6 is 22.6 Å². The van der Waals surface area contributed by atoms with Crippen LogP contribution in [0, 0.1) is 20.8 Å². The summed E-state index contributed by atoms with van der Waals surface area (Å²) in [6.45, 7) is 13.6. The Morgan fingerprint density at radius 1 is 0.745 bits per heavy atom. The fraction of sp³-hybridized carbons (Fsp3) is 0.650. The fourth-order valence-electron chi connectivity index (χ4n) is 16.2. The van der Waals surface area contributed by atoms with Gasteiger partial charge in [-0.15, -0.1) is 6.58 Å². The number of amides is 12. The first kappa shape index (κ1) is 89.0. The lowest BCUT2D eigenvalue weighted by molar-refractivity contribution is -0.161. The lowest BCUT2D eigenvalue weighted by Crippen LogP contribution is -2.71. The smallest absolute Gasteiger partial charge is 0.419 e. The summed E-state index contributed by atoms with van der Waals surface area (Å²) >= 11 is 2.14. The van der Waals surface area contributed by atoms with Crippen molar-refractivity contribution in [3.63, 3.8) is 0 Å². The number of fused-ring (bicyclic) bond motifs is 3. The molecule has 3 heterocycles. The zero-order chi connectivity index (χ0) is 81.4. The van der Waals surface area contributed by atoms with E-state index in [0.717, 1.165) is 26.5 Å². The average Bonchev–Trinajstić information content (AvgIpc) is 0.982. The molecule has 2 saturated carbocycles. The van der Waals surface area contributed by atoms with Gasteiger partial charge in [-0.25, -0.2) is 0 Å². The molecule has 7 rings (SSSR count). The Kier molecular flexibility index (Phi) is 31.8. The van der Waals surface area contributed by atoms with Crippen LogP contribution in [0.5, 0.6) is 5.75 Å². The molecule has 3 aliphatic heterocycles. The lowest BCUT2D eigenvalue weighted by atomic mass is 9.58. The molecule has 0 aromatic heterocycles. The minimum Gasteiger partial charge on any atom is -0.496 e. The van der Waals surface area contributed by atoms with Gasteiger partial charge in [0.05, 0.1) is 38.3 Å². The minimum atomic E-state index is -4.79. The van der Waals surface area contributed by atoms with E-state index in [1.807, 2.05) is 39.0 Å². The molecule has 110 heavy (non-hydrogen) atoms. The van der Waals surface area contributed by atoms with Crippen LogP contribution in [0.1, 0.15) is 161 Å². The van der Waals surface area contributed by atoms with Crippen LogP contribution in [0.2, 0.25) is 0 Å². The lowest BCUT2D eigenvalue weighted by Gasteiger charge is -2.54. The predicted molar refractivity (Wildman–Crippen MR) is 416 cm³/mol. The Morgan fingerprint density at radius 3 is 2.01 bits per heavy atom. The molecule has 1 unspecified atom stereocenters. The SMILES string of the molecule is C=CCCCC[C@H]1C(=O)N[C@H]([C@@H](C)CC)C(=O)N(C)CC(=O)N(C)[C@H]2C/C=C\CCN(C2=O)[C@@H](Cc2ccc(I)cc2)C(=O)N(C)CC(=O)NC(CCc2ccc(C(F)(F)F)c(OC)c2)C(=O)N2C[C@H](OCC)C[C@H]2C(=O)NC2(CC(C)(C)C2)C(=O)N(C)[C@@H](C2CCCC2)C(=O)N(C)[C@H](C(=O)N(C)CC)CC(=O)N1C. The third-order valence-electron chi connectivity index (χ3n) is 22.7. The van der Waals surface area contributed by atoms with Gasteiger partial charge < -0.3 is 69.5 Å². The second kappa shape index (κ2) is 39.3. The topological polar surface area (TPSA) is 289 Å². The molecule has 30 heteroatoms. The summed E-state index contributed by atoms with van der Waals surface area (Å²) in [7, 11) is 11.1. The molecule has 10 atom stereocenters. The second-order valence-corrected chi connectivity index (χ2v) is 32.5. The van der Waals surface area contributed by atoms with E-state index in [1.54, 1.807) is 45.1 Å². The highest BCUT2D eigenvalue weighted by Gasteiger charge is 2.59. The van der Waals surface area contributed by atoms with Gasteiger partial charge in [0.25, 0.3) is 0 Å². The molecular formula is C80H116F3IN12O14. The number of carbonyl (C=O) groups is 12. The Bertz CT molecular complexity index is 3680. The monoisotopic (exact) mass is 1650 g/mol. The van der Waals surface area contributed by atoms with Gasteiger partial charge in [0.2, 0.25) is 70.9 Å². The van der Waals surface area contributed by atoms with Crippen LogP contribution in [0.25, 0.3) is 0 Å². The molecule has 12 amide bonds. The number of allylic oxidation sites excluding steroid dienone is 1. The molecule has 26 nitrogen and oxygen atoms in total. The maximum atomic E-state index is 15.9. The number of aryl methyl sites for hydroxylation is 1. The van der Waals surface area contributed by atoms with Crippen molar-refractivity contribution in [3.05, 3.63) is 87.5 Å². The summed E-state index contributed by atoms with van der Waals surface area (Å²) in [6, 6.07) is -0.137. The molecule has 3 N–H and O–H groups in total. The Hall–Kier alpha value is -8.16. The predicted octanol–water partition coefficient (Wildman–Crippen LogP) is 6.78. The van der Waals surface area contributed by atoms with Crippen molar-refractivity contribution in [1.29, 1.82) is 0 Å². The maximum absolute atomic E-state index is 15.9. The fourth-order valence-corrected chi connectivity index (χ4v) is 16.6. The standard InChI is InChI=1S/C80H116F3IN12O14/c1-16-20-21-23-30-58-69(100)86-67(50(5)17-2)75(106)90(10)47-66(99)92(12)59-31-24-22-27-40-95(74(59)105)62(41-51-32-36-54(84)37-33-51)73(104)89(9)46-64(97)85-57(39-35-52-34-38-56(80(81,82)83)63(42-52)109-15)71(102)96-45-55(110-19-4)43-60(96)70(101)87-79(48-78(6,7)49-79)77(108)94(14)68(53-28-25-26-29-53)76(107)93(13)61(44-65(98)91(58)11)72(103)88(8)18-3/h16,22,24,32-34,36-38,42,50,53,55,57-62,67-68H,1,17-21,23,25-31,35,39-41,43-49H2,2-15H3,(H,85,97)(H,86,100)(H,87,101)/b24-22-/t50-,55+,57?,58-,59-,60-,61-,62-,67+,68-/m0/s1. The summed E-state index contributed by atoms with van der Waals surface area (Å²) in [5.41, 5.74) is -2.36. The van der Waals surface area contributed by atoms with Gasteiger partial charge in [0, 0.05) is 92.0 Å². The molecular weight excluding hydrogens is 1540 g/mol. The first-order valence-corrected chi connectivity index (χ1v) is 39.6. The van der Waals surface area contributed by atoms with Crippen LogP contribution < -0.4 is 20.7 Å². The number of halogens is 4. The highest BCUT2D eigenvalue weighted by atomic mass is 127. The normalized spacial score (nSPS) is 26.0. The van der Waals surface area contributed by atoms with E-state index >= 15 is 38.4 Å². The molecule has 2 bridgehead atoms. The summed E-state index contributed by atoms with van der Waals surface area (Å²) in [6.07, 6.45) is 3.54. The molecule has 4 fully saturated rings. The van der Waals surface area contributed by atoms with Crippen LogP contribution in [-0.4, -0.2) is 271 Å². The van der Waals surface area contributed by atoms with Crippen molar-refractivity contribution in [2.24, 2.45) is 17.3 Å². The number of rotatable bonds is 18. The first-order chi connectivity index (χ1) is 51.9. The molecule has 608 valence electrons. The first-order valence-electron chi connectivity index (χ1n) is 38.6. The summed E-state index contributed by atoms with van der Waals surface area (Å²) in [4.78, 5) is 195. The number of alkyl halides is 3. The van der Waals surface area contributed by atoms with Crippen LogP contribution in [-0.2, 0) is 81.3 Å². The summed E-state index contributed by atoms with van der Waals surface area (Å²) in [5, 5.41) is 8.80. The second-order valence-electron chi connectivity index (χ2n) is 31.3. The number of nitrogens with one attached hydrogen (secondary N) is 3. The number of methoxy groups -OCH3 is 1. The zero-order valence-corrected chi connectivity index (χ0v) is 68.7. The Labute approximate surface area is 659 Å². The van der Waals surface area contributed by atoms with Crippen molar-refractivity contribution in [1.82, 2.24) is 60.0 Å². The summed E-state index contributed by atoms with van der Waals surface area (Å²) < 4.78 is 54.8. The largest absolute Gasteiger partial charge is 0.496 e. The van der Waals surface area contributed by atoms with Crippen LogP contribution in [0.15, 0.2) is 67.3 Å². The molecule has 2 aromatic rings. The number of ether oxygens (including phenoxy) is 2. The van der Waals surface area contributed by atoms with Crippen molar-refractivity contribution < 1.29 is 80.2 Å². The third-order valence-corrected chi connectivity index (χ3v) is 23.5. The van der Waals surface area contributed by atoms with Crippen molar-refractivity contribution in [2.45, 2.75) is 223 Å². The average molecular weight is 1650 g/mol. The molecule has 2 aliphatic carbocycles. The number of carbonyl (C=O) groups excluding carboxylic acids is 12. The van der Waals surface area contributed by atoms with E-state index in [-0.39, 0.29) is 89.6 Å². The van der Waals surface area contributed by atoms with E-state index in [2.05, 4.69) is 45.1 Å². The molecule has 5 aliphatic rings. The highest BCUT2D eigenvalue weighted by Crippen LogP contribution is 2.50. The van der Waals surface area contributed by atoms with Crippen molar-refractivity contribution in [2.75, 3.05) is 95.8 Å². The van der Waals surface area contributed by atoms with Gasteiger partial charge in [0.15, 0.2) is 0 Å². The number of nitrogens with zero attached hydrogens (tertiary/aromatic N) is 9. The van der Waals surface area contributed by atoms with Gasteiger partial charge in [0.1, 0.15) is 59.6 Å². The van der Waals surface area contributed by atoms with Gasteiger partial charge in [-0.1, -0.05) is 89.8 Å². The molecule has 2 saturated heterocycles. The van der Waals surface area contributed by atoms with E-state index in [9.17, 15) is 32.3 Å². The number of benzene rings is 2. The number of unbranched alkanes of at least 4 members (excludes halogenated alkanes) is 2. The third kappa shape index (κ3) is 21.9. The van der Waals surface area contributed by atoms with Gasteiger partial charge in [-0.2, -0.15) is 13.2 Å². The Balaban J connectivity index is 1.36. The Morgan fingerprint density at radius 2 is 1.40 bits per heavy atom. The van der Waals surface area contributed by atoms with E-state index < -0.39 is 185 Å². The number of hydrogen-bond donors (Lipinski definition) is 3. The van der Waals surface area contributed by atoms with Crippen molar-refractivity contribution in [3.8, 4) is 5.75 Å². The van der Waals surface area contributed by atoms with E-state index in [0.29, 0.717) is 56.9 Å². The minimum absolute atomic E-state index is 0.00424. The van der Waals surface area contributed by atoms with Gasteiger partial charge >= 0.3 is 6.18 Å². The van der Waals surface area contributed by atoms with Gasteiger partial charge in [-0.3, -0.25) is 57.5 Å². The highest BCUT2D eigenvalue weighted by molar-refractivity contribution is 14.1. The zero-order valence-electron chi connectivity index (χ0n) is 66.6. The van der Waals surface area contributed by atoms with Crippen LogP contribution in [0.3, 0.4) is 0 Å².